The van der Waals surface area contributed by atoms with Crippen molar-refractivity contribution in [3.8, 4) is 5.75 Å². The molecule has 0 fully saturated rings. The maximum absolute atomic E-state index is 14.0. The molecule has 128 valence electrons. The quantitative estimate of drug-likeness (QED) is 0.393. The van der Waals surface area contributed by atoms with E-state index in [0.29, 0.717) is 12.3 Å². The largest absolute Gasteiger partial charge is 0.488 e. The number of rotatable bonds is 8. The molecular formula is C19H22F2N2O. The minimum atomic E-state index is -0.761. The van der Waals surface area contributed by atoms with Gasteiger partial charge in [-0.05, 0) is 25.5 Å². The molecule has 0 aromatic heterocycles. The maximum Gasteiger partial charge on any atom is 0.190 e. The summed E-state index contributed by atoms with van der Waals surface area (Å²) in [4.78, 5) is 0. The van der Waals surface area contributed by atoms with Crippen molar-refractivity contribution in [2.75, 3.05) is 6.61 Å². The average molecular weight is 332 g/mol. The van der Waals surface area contributed by atoms with Crippen molar-refractivity contribution in [3.05, 3.63) is 53.6 Å². The van der Waals surface area contributed by atoms with Gasteiger partial charge in [0.05, 0.1) is 18.0 Å². The summed E-state index contributed by atoms with van der Waals surface area (Å²) in [6.45, 7) is 4.37. The Morgan fingerprint density at radius 2 is 1.50 bits per heavy atom. The molecule has 0 saturated carbocycles. The number of aryl methyl sites for hydroxylation is 1. The van der Waals surface area contributed by atoms with Crippen molar-refractivity contribution in [1.29, 1.82) is 0 Å². The molecule has 3 nitrogen and oxygen atoms in total. The maximum atomic E-state index is 14.0. The van der Waals surface area contributed by atoms with Crippen molar-refractivity contribution in [2.45, 2.75) is 39.5 Å². The lowest BCUT2D eigenvalue weighted by Crippen LogP contribution is -2.01. The zero-order chi connectivity index (χ0) is 17.4. The van der Waals surface area contributed by atoms with Gasteiger partial charge in [-0.2, -0.15) is 10.2 Å². The van der Waals surface area contributed by atoms with Gasteiger partial charge in [-0.25, -0.2) is 8.78 Å². The Balaban J connectivity index is 2.01. The zero-order valence-electron chi connectivity index (χ0n) is 14.1. The highest BCUT2D eigenvalue weighted by Crippen LogP contribution is 2.28. The molecule has 5 heteroatoms. The molecule has 0 aliphatic carbocycles. The molecule has 0 atom stereocenters. The van der Waals surface area contributed by atoms with Crippen molar-refractivity contribution in [3.63, 3.8) is 0 Å². The van der Waals surface area contributed by atoms with E-state index in [4.69, 9.17) is 4.74 Å². The van der Waals surface area contributed by atoms with Crippen LogP contribution in [0.1, 0.15) is 38.2 Å². The van der Waals surface area contributed by atoms with Crippen molar-refractivity contribution < 1.29 is 13.5 Å². The van der Waals surface area contributed by atoms with Crippen LogP contribution >= 0.6 is 0 Å². The molecule has 0 spiro atoms. The number of benzene rings is 2. The van der Waals surface area contributed by atoms with Crippen molar-refractivity contribution >= 4 is 11.4 Å². The SMILES string of the molecule is CCCCCCOc1c(F)cc(N=Nc2ccc(C)cc2)cc1F. The molecule has 2 rings (SSSR count). The summed E-state index contributed by atoms with van der Waals surface area (Å²) >= 11 is 0. The Morgan fingerprint density at radius 1 is 0.875 bits per heavy atom. The standard InChI is InChI=1S/C19H22F2N2O/c1-3-4-5-6-11-24-19-17(20)12-16(13-18(19)21)23-22-15-9-7-14(2)8-10-15/h7-10,12-13H,3-6,11H2,1-2H3. The molecule has 2 aromatic carbocycles. The van der Waals surface area contributed by atoms with E-state index in [2.05, 4.69) is 17.2 Å². The molecule has 0 amide bonds. The van der Waals surface area contributed by atoms with E-state index in [1.807, 2.05) is 19.1 Å². The summed E-state index contributed by atoms with van der Waals surface area (Å²) in [5, 5.41) is 7.86. The summed E-state index contributed by atoms with van der Waals surface area (Å²) in [5.74, 6) is -1.87. The molecular weight excluding hydrogens is 310 g/mol. The highest BCUT2D eigenvalue weighted by Gasteiger charge is 2.12. The highest BCUT2D eigenvalue weighted by molar-refractivity contribution is 5.44. The van der Waals surface area contributed by atoms with Gasteiger partial charge in [-0.3, -0.25) is 0 Å². The summed E-state index contributed by atoms with van der Waals surface area (Å²) in [6.07, 6.45) is 3.96. The van der Waals surface area contributed by atoms with Crippen molar-refractivity contribution in [1.82, 2.24) is 0 Å². The smallest absolute Gasteiger partial charge is 0.190 e. The first kappa shape index (κ1) is 18.0. The molecule has 0 radical (unpaired) electrons. The predicted octanol–water partition coefficient (Wildman–Crippen LogP) is 6.65. The number of azo groups is 1. The van der Waals surface area contributed by atoms with Crippen LogP contribution in [-0.4, -0.2) is 6.61 Å². The lowest BCUT2D eigenvalue weighted by Gasteiger charge is -2.08. The minimum Gasteiger partial charge on any atom is -0.488 e. The van der Waals surface area contributed by atoms with E-state index >= 15 is 0 Å². The van der Waals surface area contributed by atoms with Crippen LogP contribution in [0.4, 0.5) is 20.2 Å². The van der Waals surface area contributed by atoms with Gasteiger partial charge in [0.15, 0.2) is 17.4 Å². The van der Waals surface area contributed by atoms with Crippen LogP contribution in [0.15, 0.2) is 46.6 Å². The molecule has 0 aliphatic heterocycles. The Morgan fingerprint density at radius 3 is 2.12 bits per heavy atom. The fourth-order valence-corrected chi connectivity index (χ4v) is 2.17. The summed E-state index contributed by atoms with van der Waals surface area (Å²) in [5.41, 5.74) is 1.84. The molecule has 0 bridgehead atoms. The summed E-state index contributed by atoms with van der Waals surface area (Å²) < 4.78 is 33.2. The van der Waals surface area contributed by atoms with Crippen LogP contribution in [0.3, 0.4) is 0 Å². The third kappa shape index (κ3) is 5.41. The monoisotopic (exact) mass is 332 g/mol. The lowest BCUT2D eigenvalue weighted by molar-refractivity contribution is 0.275. The first-order chi connectivity index (χ1) is 11.6. The van der Waals surface area contributed by atoms with Crippen LogP contribution < -0.4 is 4.74 Å². The van der Waals surface area contributed by atoms with Gasteiger partial charge in [0.1, 0.15) is 0 Å². The van der Waals surface area contributed by atoms with Gasteiger partial charge in [-0.1, -0.05) is 43.9 Å². The Hall–Kier alpha value is -2.30. The second-order valence-corrected chi connectivity index (χ2v) is 5.68. The summed E-state index contributed by atoms with van der Waals surface area (Å²) in [6, 6.07) is 9.62. The number of hydrogen-bond donors (Lipinski definition) is 0. The number of hydrogen-bond acceptors (Lipinski definition) is 3. The van der Waals surface area contributed by atoms with E-state index in [0.717, 1.165) is 43.4 Å². The lowest BCUT2D eigenvalue weighted by atomic mass is 10.2. The van der Waals surface area contributed by atoms with Gasteiger partial charge in [0.25, 0.3) is 0 Å². The Labute approximate surface area is 141 Å². The number of halogens is 2. The van der Waals surface area contributed by atoms with E-state index < -0.39 is 11.6 Å². The molecule has 0 saturated heterocycles. The topological polar surface area (TPSA) is 34.0 Å². The Kier molecular flexibility index (Phi) is 6.85. The van der Waals surface area contributed by atoms with Crippen LogP contribution in [-0.2, 0) is 0 Å². The normalized spacial score (nSPS) is 11.2. The van der Waals surface area contributed by atoms with Crippen LogP contribution in [0.2, 0.25) is 0 Å². The second kappa shape index (κ2) is 9.11. The molecule has 0 heterocycles. The first-order valence-electron chi connectivity index (χ1n) is 8.20. The third-order valence-corrected chi connectivity index (χ3v) is 3.54. The van der Waals surface area contributed by atoms with Crippen LogP contribution in [0.25, 0.3) is 0 Å². The molecule has 0 unspecified atom stereocenters. The minimum absolute atomic E-state index is 0.115. The first-order valence-corrected chi connectivity index (χ1v) is 8.20. The zero-order valence-corrected chi connectivity index (χ0v) is 14.1. The summed E-state index contributed by atoms with van der Waals surface area (Å²) in [7, 11) is 0. The molecule has 0 aliphatic rings. The fraction of sp³-hybridized carbons (Fsp3) is 0.368. The van der Waals surface area contributed by atoms with Gasteiger partial charge < -0.3 is 4.74 Å². The van der Waals surface area contributed by atoms with E-state index in [-0.39, 0.29) is 11.4 Å². The van der Waals surface area contributed by atoms with E-state index in [1.165, 1.54) is 0 Å². The van der Waals surface area contributed by atoms with Crippen LogP contribution in [0, 0.1) is 18.6 Å². The second-order valence-electron chi connectivity index (χ2n) is 5.68. The molecule has 24 heavy (non-hydrogen) atoms. The van der Waals surface area contributed by atoms with Gasteiger partial charge in [-0.15, -0.1) is 0 Å². The van der Waals surface area contributed by atoms with E-state index in [9.17, 15) is 8.78 Å². The number of nitrogens with zero attached hydrogens (tertiary/aromatic N) is 2. The van der Waals surface area contributed by atoms with E-state index in [1.54, 1.807) is 12.1 Å². The Bertz CT molecular complexity index is 661. The van der Waals surface area contributed by atoms with Gasteiger partial charge >= 0.3 is 0 Å². The average Bonchev–Trinajstić information content (AvgIpc) is 2.56. The van der Waals surface area contributed by atoms with Gasteiger partial charge in [0.2, 0.25) is 0 Å². The predicted molar refractivity (Wildman–Crippen MR) is 91.4 cm³/mol. The number of ether oxygens (including phenoxy) is 1. The molecule has 0 N–H and O–H groups in total. The number of unbranched alkanes of at least 4 members (excludes halogenated alkanes) is 3. The fourth-order valence-electron chi connectivity index (χ4n) is 2.17. The van der Waals surface area contributed by atoms with Crippen LogP contribution in [0.5, 0.6) is 5.75 Å². The highest BCUT2D eigenvalue weighted by atomic mass is 19.1. The third-order valence-electron chi connectivity index (χ3n) is 3.54. The van der Waals surface area contributed by atoms with Gasteiger partial charge in [0, 0.05) is 12.1 Å². The molecule has 2 aromatic rings. The van der Waals surface area contributed by atoms with Crippen molar-refractivity contribution in [2.24, 2.45) is 10.2 Å².